The van der Waals surface area contributed by atoms with E-state index in [2.05, 4.69) is 14.9 Å². The van der Waals surface area contributed by atoms with Gasteiger partial charge in [-0.2, -0.15) is 10.4 Å². The zero-order valence-electron chi connectivity index (χ0n) is 7.84. The molecule has 0 bridgehead atoms. The van der Waals surface area contributed by atoms with Crippen LogP contribution in [0, 0.1) is 11.3 Å². The predicted molar refractivity (Wildman–Crippen MR) is 58.4 cm³/mol. The van der Waals surface area contributed by atoms with Gasteiger partial charge in [0.1, 0.15) is 15.8 Å². The molecule has 0 spiro atoms. The molecule has 0 saturated carbocycles. The van der Waals surface area contributed by atoms with Crippen molar-refractivity contribution in [1.82, 2.24) is 10.2 Å². The number of nitrogens with zero attached hydrogens (tertiary/aromatic N) is 2. The molecule has 2 aromatic rings. The van der Waals surface area contributed by atoms with E-state index in [4.69, 9.17) is 5.26 Å². The Hall–Kier alpha value is -1.85. The third kappa shape index (κ3) is 1.91. The van der Waals surface area contributed by atoms with Crippen molar-refractivity contribution in [3.63, 3.8) is 0 Å². The summed E-state index contributed by atoms with van der Waals surface area (Å²) in [6.07, 6.45) is 1.26. The molecule has 8 heteroatoms. The monoisotopic (exact) mass is 254 g/mol. The minimum atomic E-state index is -3.63. The van der Waals surface area contributed by atoms with Crippen LogP contribution < -0.4 is 4.72 Å². The number of anilines is 1. The third-order valence-corrected chi connectivity index (χ3v) is 4.50. The molecule has 2 heterocycles. The van der Waals surface area contributed by atoms with Gasteiger partial charge >= 0.3 is 0 Å². The molecule has 0 unspecified atom stereocenters. The second kappa shape index (κ2) is 3.96. The number of sulfonamides is 1. The Morgan fingerprint density at radius 1 is 1.56 bits per heavy atom. The van der Waals surface area contributed by atoms with Crippen LogP contribution in [-0.2, 0) is 10.0 Å². The van der Waals surface area contributed by atoms with Crippen LogP contribution in [-0.4, -0.2) is 18.6 Å². The zero-order valence-corrected chi connectivity index (χ0v) is 9.47. The van der Waals surface area contributed by atoms with Crippen molar-refractivity contribution in [2.24, 2.45) is 0 Å². The summed E-state index contributed by atoms with van der Waals surface area (Å²) in [6.45, 7) is 0. The Labute approximate surface area is 95.6 Å². The van der Waals surface area contributed by atoms with Crippen molar-refractivity contribution in [2.45, 2.75) is 4.21 Å². The molecular weight excluding hydrogens is 248 g/mol. The fourth-order valence-electron chi connectivity index (χ4n) is 1.05. The first-order valence-corrected chi connectivity index (χ1v) is 6.49. The van der Waals surface area contributed by atoms with Gasteiger partial charge in [0.25, 0.3) is 10.0 Å². The van der Waals surface area contributed by atoms with Gasteiger partial charge in [-0.05, 0) is 11.4 Å². The lowest BCUT2D eigenvalue weighted by Gasteiger charge is -2.02. The second-order valence-corrected chi connectivity index (χ2v) is 5.67. The summed E-state index contributed by atoms with van der Waals surface area (Å²) in [5.74, 6) is 0.0795. The van der Waals surface area contributed by atoms with E-state index in [1.165, 1.54) is 12.3 Å². The van der Waals surface area contributed by atoms with Crippen LogP contribution >= 0.6 is 11.3 Å². The normalized spacial score (nSPS) is 10.9. The first-order chi connectivity index (χ1) is 7.63. The number of H-pyrrole nitrogens is 1. The maximum absolute atomic E-state index is 11.8. The Kier molecular flexibility index (Phi) is 2.64. The number of hydrogen-bond donors (Lipinski definition) is 2. The average Bonchev–Trinajstić information content (AvgIpc) is 2.86. The van der Waals surface area contributed by atoms with E-state index in [1.54, 1.807) is 11.4 Å². The predicted octanol–water partition coefficient (Wildman–Crippen LogP) is 1.14. The fraction of sp³-hybridized carbons (Fsp3) is 0. The van der Waals surface area contributed by atoms with Crippen LogP contribution in [0.3, 0.4) is 0 Å². The van der Waals surface area contributed by atoms with Crippen molar-refractivity contribution < 1.29 is 8.42 Å². The maximum atomic E-state index is 11.8. The van der Waals surface area contributed by atoms with E-state index < -0.39 is 10.0 Å². The molecule has 0 aromatic carbocycles. The molecule has 16 heavy (non-hydrogen) atoms. The fourth-order valence-corrected chi connectivity index (χ4v) is 3.08. The number of nitriles is 1. The molecule has 0 fully saturated rings. The van der Waals surface area contributed by atoms with Crippen LogP contribution in [0.15, 0.2) is 27.9 Å². The Morgan fingerprint density at radius 3 is 3.00 bits per heavy atom. The number of rotatable bonds is 3. The second-order valence-electron chi connectivity index (χ2n) is 2.81. The highest BCUT2D eigenvalue weighted by Gasteiger charge is 2.17. The molecule has 2 rings (SSSR count). The largest absolute Gasteiger partial charge is 0.272 e. The SMILES string of the molecule is N#Cc1cn[nH]c1NS(=O)(=O)c1cccs1. The molecule has 2 aromatic heterocycles. The molecule has 0 aliphatic carbocycles. The molecule has 0 atom stereocenters. The first-order valence-electron chi connectivity index (χ1n) is 4.13. The Bertz CT molecular complexity index is 621. The smallest absolute Gasteiger partial charge is 0.262 e. The van der Waals surface area contributed by atoms with Gasteiger partial charge < -0.3 is 0 Å². The Balaban J connectivity index is 2.33. The molecule has 6 nitrogen and oxygen atoms in total. The van der Waals surface area contributed by atoms with Gasteiger partial charge in [-0.1, -0.05) is 6.07 Å². The van der Waals surface area contributed by atoms with E-state index in [9.17, 15) is 8.42 Å². The summed E-state index contributed by atoms with van der Waals surface area (Å²) >= 11 is 1.10. The third-order valence-electron chi connectivity index (χ3n) is 1.76. The number of thiophene rings is 1. The van der Waals surface area contributed by atoms with E-state index in [0.717, 1.165) is 11.3 Å². The minimum Gasteiger partial charge on any atom is -0.262 e. The molecule has 0 saturated heterocycles. The zero-order chi connectivity index (χ0) is 11.6. The van der Waals surface area contributed by atoms with Gasteiger partial charge in [0, 0.05) is 0 Å². The average molecular weight is 254 g/mol. The Morgan fingerprint density at radius 2 is 2.38 bits per heavy atom. The number of hydrogen-bond acceptors (Lipinski definition) is 5. The highest BCUT2D eigenvalue weighted by atomic mass is 32.2. The van der Waals surface area contributed by atoms with Gasteiger partial charge in [0.05, 0.1) is 6.20 Å². The lowest BCUT2D eigenvalue weighted by atomic mass is 10.4. The standard InChI is InChI=1S/C8H6N4O2S2/c9-4-6-5-10-11-8(6)12-16(13,14)7-2-1-3-15-7/h1-3,5H,(H2,10,11,12). The molecule has 0 radical (unpaired) electrons. The summed E-state index contributed by atoms with van der Waals surface area (Å²) in [7, 11) is -3.63. The van der Waals surface area contributed by atoms with Gasteiger partial charge in [0.2, 0.25) is 0 Å². The molecule has 82 valence electrons. The lowest BCUT2D eigenvalue weighted by Crippen LogP contribution is -2.12. The van der Waals surface area contributed by atoms with E-state index in [0.29, 0.717) is 0 Å². The van der Waals surface area contributed by atoms with Gasteiger partial charge in [-0.15, -0.1) is 11.3 Å². The molecule has 0 aliphatic heterocycles. The molecule has 0 amide bonds. The number of aromatic nitrogens is 2. The van der Waals surface area contributed by atoms with Crippen molar-refractivity contribution in [2.75, 3.05) is 4.72 Å². The van der Waals surface area contributed by atoms with Crippen LogP contribution in [0.25, 0.3) is 0 Å². The van der Waals surface area contributed by atoms with Crippen molar-refractivity contribution in [3.05, 3.63) is 29.3 Å². The van der Waals surface area contributed by atoms with E-state index in [1.807, 2.05) is 6.07 Å². The van der Waals surface area contributed by atoms with Crippen molar-refractivity contribution in [1.29, 1.82) is 5.26 Å². The number of aromatic amines is 1. The number of nitrogens with one attached hydrogen (secondary N) is 2. The topological polar surface area (TPSA) is 98.6 Å². The maximum Gasteiger partial charge on any atom is 0.272 e. The lowest BCUT2D eigenvalue weighted by molar-refractivity contribution is 0.603. The molecule has 2 N–H and O–H groups in total. The van der Waals surface area contributed by atoms with Gasteiger partial charge in [-0.3, -0.25) is 9.82 Å². The summed E-state index contributed by atoms with van der Waals surface area (Å²) in [5, 5.41) is 16.4. The summed E-state index contributed by atoms with van der Waals surface area (Å²) < 4.78 is 26.0. The van der Waals surface area contributed by atoms with Gasteiger partial charge in [0.15, 0.2) is 5.82 Å². The van der Waals surface area contributed by atoms with Crippen LogP contribution in [0.2, 0.25) is 0 Å². The molecule has 0 aliphatic rings. The van der Waals surface area contributed by atoms with Crippen LogP contribution in [0.4, 0.5) is 5.82 Å². The van der Waals surface area contributed by atoms with Crippen molar-refractivity contribution >= 4 is 27.2 Å². The highest BCUT2D eigenvalue weighted by molar-refractivity contribution is 7.94. The van der Waals surface area contributed by atoms with Crippen LogP contribution in [0.5, 0.6) is 0 Å². The van der Waals surface area contributed by atoms with Crippen molar-refractivity contribution in [3.8, 4) is 6.07 Å². The van der Waals surface area contributed by atoms with Crippen LogP contribution in [0.1, 0.15) is 5.56 Å². The summed E-state index contributed by atoms with van der Waals surface area (Å²) in [5.41, 5.74) is 0.153. The minimum absolute atomic E-state index is 0.0795. The molecular formula is C8H6N4O2S2. The van der Waals surface area contributed by atoms with E-state index in [-0.39, 0.29) is 15.6 Å². The highest BCUT2D eigenvalue weighted by Crippen LogP contribution is 2.20. The summed E-state index contributed by atoms with van der Waals surface area (Å²) in [6, 6.07) is 4.94. The first kappa shape index (κ1) is 10.7. The quantitative estimate of drug-likeness (QED) is 0.858. The van der Waals surface area contributed by atoms with E-state index >= 15 is 0 Å². The van der Waals surface area contributed by atoms with Gasteiger partial charge in [-0.25, -0.2) is 8.42 Å². The summed E-state index contributed by atoms with van der Waals surface area (Å²) in [4.78, 5) is 0.